The smallest absolute Gasteiger partial charge is 0.335 e. The summed E-state index contributed by atoms with van der Waals surface area (Å²) in [6.07, 6.45) is 3.17. The monoisotopic (exact) mass is 419 g/mol. The maximum atomic E-state index is 12.2. The number of hydrogen-bond donors (Lipinski definition) is 3. The molecule has 0 aliphatic heterocycles. The molecule has 1 aliphatic rings. The topological polar surface area (TPSA) is 108 Å². The molecule has 2 atom stereocenters. The van der Waals surface area contributed by atoms with Crippen molar-refractivity contribution in [3.05, 3.63) is 55.7 Å². The number of hydrogen-bond acceptors (Lipinski definition) is 5. The van der Waals surface area contributed by atoms with Gasteiger partial charge in [0.2, 0.25) is 5.88 Å². The average molecular weight is 420 g/mol. The molecular formula is C21H26ClN3O4. The van der Waals surface area contributed by atoms with Crippen LogP contribution in [0.4, 0.5) is 0 Å². The largest absolute Gasteiger partial charge is 0.493 e. The molecule has 0 unspecified atom stereocenters. The van der Waals surface area contributed by atoms with Crippen LogP contribution in [0.15, 0.2) is 38.8 Å². The van der Waals surface area contributed by atoms with E-state index in [1.54, 1.807) is 24.3 Å². The van der Waals surface area contributed by atoms with Gasteiger partial charge in [0.05, 0.1) is 11.8 Å². The SMILES string of the molecule is CC1(C)C[C@H](O)C[C@](C)(CN=Cc2c(O)n(-c3ccc(Cl)cc3)c(=O)[nH]c2=O)C1. The molecule has 1 aromatic heterocycles. The summed E-state index contributed by atoms with van der Waals surface area (Å²) >= 11 is 5.87. The normalized spacial score (nSPS) is 24.1. The number of aromatic hydroxyl groups is 1. The van der Waals surface area contributed by atoms with Crippen LogP contribution in [-0.4, -0.2) is 38.6 Å². The Morgan fingerprint density at radius 1 is 1.24 bits per heavy atom. The lowest BCUT2D eigenvalue weighted by atomic mass is 9.63. The molecule has 156 valence electrons. The van der Waals surface area contributed by atoms with Crippen molar-refractivity contribution in [2.45, 2.75) is 46.1 Å². The number of aromatic nitrogens is 2. The molecule has 1 aliphatic carbocycles. The minimum absolute atomic E-state index is 0.00333. The Balaban J connectivity index is 1.91. The molecule has 2 aromatic rings. The van der Waals surface area contributed by atoms with Gasteiger partial charge in [0.1, 0.15) is 5.56 Å². The summed E-state index contributed by atoms with van der Waals surface area (Å²) in [4.78, 5) is 31.0. The van der Waals surface area contributed by atoms with Crippen molar-refractivity contribution >= 4 is 17.8 Å². The zero-order valence-corrected chi connectivity index (χ0v) is 17.5. The van der Waals surface area contributed by atoms with E-state index in [0.717, 1.165) is 17.4 Å². The molecular weight excluding hydrogens is 394 g/mol. The number of nitrogens with zero attached hydrogens (tertiary/aromatic N) is 2. The van der Waals surface area contributed by atoms with E-state index in [4.69, 9.17) is 11.6 Å². The summed E-state index contributed by atoms with van der Waals surface area (Å²) in [5, 5.41) is 21.3. The van der Waals surface area contributed by atoms with Crippen LogP contribution in [0.3, 0.4) is 0 Å². The van der Waals surface area contributed by atoms with Gasteiger partial charge in [0.15, 0.2) is 0 Å². The second kappa shape index (κ2) is 7.80. The standard InChI is InChI=1S/C21H26ClN3O4/c1-20(2)8-15(26)9-21(3,11-20)12-23-10-16-17(27)24-19(29)25(18(16)28)14-6-4-13(22)5-7-14/h4-7,10,15,26,28H,8-9,11-12H2,1-3H3,(H,24,27,29)/t15-,21-/m0/s1. The Labute approximate surface area is 173 Å². The number of nitrogens with one attached hydrogen (secondary N) is 1. The van der Waals surface area contributed by atoms with Gasteiger partial charge in [-0.25, -0.2) is 9.36 Å². The number of aliphatic hydroxyl groups excluding tert-OH is 1. The number of halogens is 1. The molecule has 1 saturated carbocycles. The third kappa shape index (κ3) is 4.79. The Morgan fingerprint density at radius 3 is 2.52 bits per heavy atom. The van der Waals surface area contributed by atoms with Gasteiger partial charge < -0.3 is 10.2 Å². The Kier molecular flexibility index (Phi) is 5.74. The van der Waals surface area contributed by atoms with Gasteiger partial charge in [-0.1, -0.05) is 32.4 Å². The van der Waals surface area contributed by atoms with Crippen molar-refractivity contribution in [1.82, 2.24) is 9.55 Å². The summed E-state index contributed by atoms with van der Waals surface area (Å²) in [5.74, 6) is -0.487. The van der Waals surface area contributed by atoms with Crippen molar-refractivity contribution in [3.8, 4) is 11.6 Å². The summed E-state index contributed by atoms with van der Waals surface area (Å²) in [5.41, 5.74) is -1.41. The Hall–Kier alpha value is -2.38. The number of aliphatic hydroxyl groups is 1. The fraction of sp³-hybridized carbons (Fsp3) is 0.476. The highest BCUT2D eigenvalue weighted by Gasteiger charge is 2.40. The average Bonchev–Trinajstić information content (AvgIpc) is 2.57. The van der Waals surface area contributed by atoms with Gasteiger partial charge >= 0.3 is 5.69 Å². The number of rotatable bonds is 4. The summed E-state index contributed by atoms with van der Waals surface area (Å²) < 4.78 is 0.994. The molecule has 3 rings (SSSR count). The van der Waals surface area contributed by atoms with E-state index in [1.807, 2.05) is 0 Å². The molecule has 1 fully saturated rings. The lowest BCUT2D eigenvalue weighted by Gasteiger charge is -2.44. The van der Waals surface area contributed by atoms with Crippen LogP contribution in [0, 0.1) is 10.8 Å². The van der Waals surface area contributed by atoms with E-state index < -0.39 is 17.1 Å². The van der Waals surface area contributed by atoms with E-state index in [2.05, 4.69) is 30.7 Å². The molecule has 0 spiro atoms. The zero-order chi connectivity index (χ0) is 21.4. The van der Waals surface area contributed by atoms with E-state index >= 15 is 0 Å². The van der Waals surface area contributed by atoms with Crippen molar-refractivity contribution in [1.29, 1.82) is 0 Å². The van der Waals surface area contributed by atoms with Gasteiger partial charge in [0, 0.05) is 17.8 Å². The number of aromatic amines is 1. The van der Waals surface area contributed by atoms with Crippen LogP contribution in [0.5, 0.6) is 5.88 Å². The highest BCUT2D eigenvalue weighted by Crippen LogP contribution is 2.46. The second-order valence-corrected chi connectivity index (χ2v) is 9.43. The molecule has 0 radical (unpaired) electrons. The first kappa shape index (κ1) is 21.3. The van der Waals surface area contributed by atoms with Crippen molar-refractivity contribution < 1.29 is 10.2 Å². The Bertz CT molecular complexity index is 1040. The molecule has 3 N–H and O–H groups in total. The predicted octanol–water partition coefficient (Wildman–Crippen LogP) is 2.88. The van der Waals surface area contributed by atoms with Crippen LogP contribution < -0.4 is 11.2 Å². The van der Waals surface area contributed by atoms with Crippen molar-refractivity contribution in [2.24, 2.45) is 15.8 Å². The molecule has 0 bridgehead atoms. The zero-order valence-electron chi connectivity index (χ0n) is 16.8. The first-order valence-corrected chi connectivity index (χ1v) is 9.90. The van der Waals surface area contributed by atoms with Crippen molar-refractivity contribution in [2.75, 3.05) is 6.54 Å². The molecule has 7 nitrogen and oxygen atoms in total. The summed E-state index contributed by atoms with van der Waals surface area (Å²) in [6.45, 7) is 6.70. The molecule has 29 heavy (non-hydrogen) atoms. The van der Waals surface area contributed by atoms with Crippen LogP contribution in [0.2, 0.25) is 5.02 Å². The van der Waals surface area contributed by atoms with E-state index in [-0.39, 0.29) is 22.5 Å². The highest BCUT2D eigenvalue weighted by atomic mass is 35.5. The second-order valence-electron chi connectivity index (χ2n) is 8.99. The van der Waals surface area contributed by atoms with Crippen molar-refractivity contribution in [3.63, 3.8) is 0 Å². The van der Waals surface area contributed by atoms with E-state index in [0.29, 0.717) is 23.7 Å². The molecule has 8 heteroatoms. The van der Waals surface area contributed by atoms with Gasteiger partial charge in [-0.05, 0) is 54.4 Å². The number of H-pyrrole nitrogens is 1. The summed E-state index contributed by atoms with van der Waals surface area (Å²) in [7, 11) is 0. The molecule has 1 aromatic carbocycles. The third-order valence-electron chi connectivity index (χ3n) is 5.32. The van der Waals surface area contributed by atoms with Crippen LogP contribution >= 0.6 is 11.6 Å². The first-order chi connectivity index (χ1) is 13.5. The maximum absolute atomic E-state index is 12.2. The Morgan fingerprint density at radius 2 is 1.90 bits per heavy atom. The molecule has 0 amide bonds. The van der Waals surface area contributed by atoms with E-state index in [9.17, 15) is 19.8 Å². The van der Waals surface area contributed by atoms with Gasteiger partial charge in [-0.3, -0.25) is 14.8 Å². The van der Waals surface area contributed by atoms with E-state index in [1.165, 1.54) is 6.21 Å². The van der Waals surface area contributed by atoms with Gasteiger partial charge in [-0.2, -0.15) is 0 Å². The maximum Gasteiger partial charge on any atom is 0.335 e. The number of benzene rings is 1. The fourth-order valence-corrected chi connectivity index (χ4v) is 4.67. The van der Waals surface area contributed by atoms with Gasteiger partial charge in [0.25, 0.3) is 5.56 Å². The van der Waals surface area contributed by atoms with Gasteiger partial charge in [-0.15, -0.1) is 0 Å². The predicted molar refractivity (Wildman–Crippen MR) is 114 cm³/mol. The lowest BCUT2D eigenvalue weighted by Crippen LogP contribution is -2.40. The van der Waals surface area contributed by atoms with Crippen LogP contribution in [-0.2, 0) is 0 Å². The highest BCUT2D eigenvalue weighted by molar-refractivity contribution is 6.30. The third-order valence-corrected chi connectivity index (χ3v) is 5.57. The number of aliphatic imine (C=N–C) groups is 1. The fourth-order valence-electron chi connectivity index (χ4n) is 4.54. The minimum atomic E-state index is -0.754. The van der Waals surface area contributed by atoms with Crippen LogP contribution in [0.1, 0.15) is 45.6 Å². The quantitative estimate of drug-likeness (QED) is 0.662. The lowest BCUT2D eigenvalue weighted by molar-refractivity contribution is -0.00472. The minimum Gasteiger partial charge on any atom is -0.493 e. The van der Waals surface area contributed by atoms with Crippen LogP contribution in [0.25, 0.3) is 5.69 Å². The molecule has 1 heterocycles. The molecule has 0 saturated heterocycles. The first-order valence-electron chi connectivity index (χ1n) is 9.52. The summed E-state index contributed by atoms with van der Waals surface area (Å²) in [6, 6.07) is 6.29.